The van der Waals surface area contributed by atoms with Gasteiger partial charge in [0.15, 0.2) is 0 Å². The van der Waals surface area contributed by atoms with Crippen LogP contribution < -0.4 is 5.43 Å². The number of hydrazine groups is 1. The van der Waals surface area contributed by atoms with Gasteiger partial charge in [0.25, 0.3) is 0 Å². The number of carbonyl (C=O) groups is 1. The molecule has 5 heteroatoms. The van der Waals surface area contributed by atoms with Crippen LogP contribution in [-0.4, -0.2) is 30.7 Å². The fraction of sp³-hybridized carbons (Fsp3) is 0.500. The summed E-state index contributed by atoms with van der Waals surface area (Å²) in [6, 6.07) is 6.20. The zero-order valence-electron chi connectivity index (χ0n) is 11.1. The smallest absolute Gasteiger partial charge is 0.324 e. The number of rotatable bonds is 4. The number of hydrogen-bond donors (Lipinski definition) is 1. The Morgan fingerprint density at radius 3 is 3.11 bits per heavy atom. The standard InChI is InChI=1S/C14H19FN2O2/c1-19-14(18)13-7-2-3-8-17(13)16-10-11-5-4-6-12(15)9-11/h4-6,9,13,16H,2-3,7-8,10H2,1H3. The van der Waals surface area contributed by atoms with Crippen LogP contribution in [0.25, 0.3) is 0 Å². The number of benzene rings is 1. The molecule has 0 spiro atoms. The van der Waals surface area contributed by atoms with E-state index < -0.39 is 0 Å². The molecule has 1 unspecified atom stereocenters. The molecular formula is C14H19FN2O2. The van der Waals surface area contributed by atoms with Crippen LogP contribution >= 0.6 is 0 Å². The van der Waals surface area contributed by atoms with Gasteiger partial charge in [0.1, 0.15) is 11.9 Å². The predicted molar refractivity (Wildman–Crippen MR) is 69.6 cm³/mol. The van der Waals surface area contributed by atoms with E-state index in [-0.39, 0.29) is 17.8 Å². The summed E-state index contributed by atoms with van der Waals surface area (Å²) >= 11 is 0. The summed E-state index contributed by atoms with van der Waals surface area (Å²) in [4.78, 5) is 11.7. The van der Waals surface area contributed by atoms with Gasteiger partial charge in [0, 0.05) is 13.1 Å². The highest BCUT2D eigenvalue weighted by Gasteiger charge is 2.29. The second kappa shape index (κ2) is 6.63. The summed E-state index contributed by atoms with van der Waals surface area (Å²) in [5.41, 5.74) is 4.05. The molecule has 2 rings (SSSR count). The van der Waals surface area contributed by atoms with Gasteiger partial charge < -0.3 is 4.74 Å². The largest absolute Gasteiger partial charge is 0.468 e. The van der Waals surface area contributed by atoms with Crippen molar-refractivity contribution in [2.75, 3.05) is 13.7 Å². The molecular weight excluding hydrogens is 247 g/mol. The van der Waals surface area contributed by atoms with E-state index in [1.807, 2.05) is 11.1 Å². The average molecular weight is 266 g/mol. The number of hydrogen-bond acceptors (Lipinski definition) is 4. The number of nitrogens with zero attached hydrogens (tertiary/aromatic N) is 1. The van der Waals surface area contributed by atoms with Crippen LogP contribution in [0.1, 0.15) is 24.8 Å². The normalized spacial score (nSPS) is 20.2. The average Bonchev–Trinajstić information content (AvgIpc) is 2.45. The van der Waals surface area contributed by atoms with Gasteiger partial charge in [-0.3, -0.25) is 4.79 Å². The third-order valence-electron chi connectivity index (χ3n) is 3.35. The van der Waals surface area contributed by atoms with Gasteiger partial charge in [-0.2, -0.15) is 0 Å². The highest BCUT2D eigenvalue weighted by molar-refractivity contribution is 5.75. The quantitative estimate of drug-likeness (QED) is 0.845. The second-order valence-electron chi connectivity index (χ2n) is 4.69. The molecule has 19 heavy (non-hydrogen) atoms. The Labute approximate surface area is 112 Å². The lowest BCUT2D eigenvalue weighted by molar-refractivity contribution is -0.150. The van der Waals surface area contributed by atoms with Gasteiger partial charge in [-0.15, -0.1) is 0 Å². The van der Waals surface area contributed by atoms with Crippen LogP contribution in [0.5, 0.6) is 0 Å². The molecule has 1 aromatic rings. The third-order valence-corrected chi connectivity index (χ3v) is 3.35. The molecule has 4 nitrogen and oxygen atoms in total. The molecule has 1 fully saturated rings. The minimum atomic E-state index is -0.248. The van der Waals surface area contributed by atoms with Crippen molar-refractivity contribution in [3.05, 3.63) is 35.6 Å². The zero-order valence-corrected chi connectivity index (χ0v) is 11.1. The molecule has 1 aromatic carbocycles. The molecule has 0 aromatic heterocycles. The van der Waals surface area contributed by atoms with Crippen molar-refractivity contribution in [3.63, 3.8) is 0 Å². The fourth-order valence-corrected chi connectivity index (χ4v) is 2.34. The van der Waals surface area contributed by atoms with E-state index in [1.54, 1.807) is 6.07 Å². The van der Waals surface area contributed by atoms with E-state index >= 15 is 0 Å². The second-order valence-corrected chi connectivity index (χ2v) is 4.69. The van der Waals surface area contributed by atoms with E-state index in [0.29, 0.717) is 6.54 Å². The maximum Gasteiger partial charge on any atom is 0.324 e. The Kier molecular flexibility index (Phi) is 4.87. The Bertz CT molecular complexity index is 439. The number of carbonyl (C=O) groups excluding carboxylic acids is 1. The lowest BCUT2D eigenvalue weighted by Crippen LogP contribution is -2.52. The summed E-state index contributed by atoms with van der Waals surface area (Å²) in [6.45, 7) is 1.31. The van der Waals surface area contributed by atoms with E-state index in [2.05, 4.69) is 5.43 Å². The van der Waals surface area contributed by atoms with Crippen LogP contribution in [0.15, 0.2) is 24.3 Å². The lowest BCUT2D eigenvalue weighted by atomic mass is 10.0. The van der Waals surface area contributed by atoms with Gasteiger partial charge in [0.05, 0.1) is 7.11 Å². The van der Waals surface area contributed by atoms with Gasteiger partial charge in [-0.05, 0) is 37.0 Å². The molecule has 1 aliphatic heterocycles. The number of piperidine rings is 1. The van der Waals surface area contributed by atoms with Crippen LogP contribution in [0.3, 0.4) is 0 Å². The van der Waals surface area contributed by atoms with Crippen molar-refractivity contribution in [2.45, 2.75) is 31.8 Å². The Balaban J connectivity index is 1.94. The molecule has 1 heterocycles. The Morgan fingerprint density at radius 2 is 2.37 bits per heavy atom. The van der Waals surface area contributed by atoms with Crippen LogP contribution in [0, 0.1) is 5.82 Å². The van der Waals surface area contributed by atoms with Gasteiger partial charge in [0.2, 0.25) is 0 Å². The number of halogens is 1. The van der Waals surface area contributed by atoms with E-state index in [1.165, 1.54) is 19.2 Å². The van der Waals surface area contributed by atoms with Gasteiger partial charge in [-0.25, -0.2) is 14.8 Å². The van der Waals surface area contributed by atoms with Gasteiger partial charge >= 0.3 is 5.97 Å². The monoisotopic (exact) mass is 266 g/mol. The first kappa shape index (κ1) is 14.0. The SMILES string of the molecule is COC(=O)C1CCCCN1NCc1cccc(F)c1. The van der Waals surface area contributed by atoms with E-state index in [9.17, 15) is 9.18 Å². The predicted octanol–water partition coefficient (Wildman–Crippen LogP) is 1.86. The lowest BCUT2D eigenvalue weighted by Gasteiger charge is -2.33. The molecule has 1 aliphatic rings. The molecule has 104 valence electrons. The molecule has 0 aliphatic carbocycles. The van der Waals surface area contributed by atoms with Crippen LogP contribution in [0.2, 0.25) is 0 Å². The summed E-state index contributed by atoms with van der Waals surface area (Å²) in [6.07, 6.45) is 2.87. The maximum absolute atomic E-state index is 13.1. The first-order valence-corrected chi connectivity index (χ1v) is 6.53. The first-order chi connectivity index (χ1) is 9.20. The molecule has 0 amide bonds. The maximum atomic E-state index is 13.1. The highest BCUT2D eigenvalue weighted by Crippen LogP contribution is 2.16. The zero-order chi connectivity index (χ0) is 13.7. The molecule has 0 bridgehead atoms. The van der Waals surface area contributed by atoms with Crippen LogP contribution in [-0.2, 0) is 16.1 Å². The molecule has 1 atom stereocenters. The van der Waals surface area contributed by atoms with Crippen LogP contribution in [0.4, 0.5) is 4.39 Å². The summed E-state index contributed by atoms with van der Waals surface area (Å²) in [7, 11) is 1.40. The third kappa shape index (κ3) is 3.75. The van der Waals surface area contributed by atoms with Crippen molar-refractivity contribution in [1.82, 2.24) is 10.4 Å². The Hall–Kier alpha value is -1.46. The summed E-state index contributed by atoms with van der Waals surface area (Å²) in [5, 5.41) is 1.90. The van der Waals surface area contributed by atoms with Crippen molar-refractivity contribution < 1.29 is 13.9 Å². The molecule has 1 N–H and O–H groups in total. The van der Waals surface area contributed by atoms with E-state index in [4.69, 9.17) is 4.74 Å². The van der Waals surface area contributed by atoms with Gasteiger partial charge in [-0.1, -0.05) is 12.1 Å². The van der Waals surface area contributed by atoms with Crippen molar-refractivity contribution in [2.24, 2.45) is 0 Å². The summed E-state index contributed by atoms with van der Waals surface area (Å²) < 4.78 is 17.9. The summed E-state index contributed by atoms with van der Waals surface area (Å²) in [5.74, 6) is -0.464. The van der Waals surface area contributed by atoms with E-state index in [0.717, 1.165) is 31.4 Å². The van der Waals surface area contributed by atoms with Crippen molar-refractivity contribution in [1.29, 1.82) is 0 Å². The minimum Gasteiger partial charge on any atom is -0.468 e. The van der Waals surface area contributed by atoms with Crippen molar-refractivity contribution >= 4 is 5.97 Å². The number of nitrogens with one attached hydrogen (secondary N) is 1. The Morgan fingerprint density at radius 1 is 1.53 bits per heavy atom. The molecule has 1 saturated heterocycles. The first-order valence-electron chi connectivity index (χ1n) is 6.53. The fourth-order valence-electron chi connectivity index (χ4n) is 2.34. The molecule has 0 radical (unpaired) electrons. The van der Waals surface area contributed by atoms with Crippen molar-refractivity contribution in [3.8, 4) is 0 Å². The highest BCUT2D eigenvalue weighted by atomic mass is 19.1. The number of methoxy groups -OCH3 is 1. The molecule has 0 saturated carbocycles. The number of ether oxygens (including phenoxy) is 1. The topological polar surface area (TPSA) is 41.6 Å². The minimum absolute atomic E-state index is 0.216. The number of esters is 1.